The quantitative estimate of drug-likeness (QED) is 0.877. The van der Waals surface area contributed by atoms with Gasteiger partial charge in [-0.05, 0) is 62.2 Å². The molecule has 1 aromatic rings. The van der Waals surface area contributed by atoms with Crippen molar-refractivity contribution in [2.75, 3.05) is 19.6 Å². The van der Waals surface area contributed by atoms with Crippen molar-refractivity contribution in [2.24, 2.45) is 0 Å². The SMILES string of the molecule is CC(C)S(=O)(=O)NCC(c1ccsc1)N1CCCCC1. The Bertz CT molecular complexity index is 491. The summed E-state index contributed by atoms with van der Waals surface area (Å²) in [5.41, 5.74) is 1.23. The zero-order valence-electron chi connectivity index (χ0n) is 12.2. The summed E-state index contributed by atoms with van der Waals surface area (Å²) in [6.07, 6.45) is 3.69. The average Bonchev–Trinajstić information content (AvgIpc) is 2.94. The minimum Gasteiger partial charge on any atom is -0.295 e. The van der Waals surface area contributed by atoms with Crippen LogP contribution >= 0.6 is 11.3 Å². The zero-order chi connectivity index (χ0) is 14.6. The van der Waals surface area contributed by atoms with Gasteiger partial charge in [0.1, 0.15) is 0 Å². The van der Waals surface area contributed by atoms with Gasteiger partial charge in [-0.2, -0.15) is 11.3 Å². The molecule has 0 aliphatic carbocycles. The minimum atomic E-state index is -3.20. The van der Waals surface area contributed by atoms with Crippen LogP contribution in [0.15, 0.2) is 16.8 Å². The van der Waals surface area contributed by atoms with E-state index in [1.54, 1.807) is 25.2 Å². The molecule has 2 rings (SSSR count). The molecule has 0 aromatic carbocycles. The van der Waals surface area contributed by atoms with Gasteiger partial charge in [0, 0.05) is 12.6 Å². The molecule has 1 aliphatic heterocycles. The first-order valence-corrected chi connectivity index (χ1v) is 9.74. The van der Waals surface area contributed by atoms with Gasteiger partial charge in [0.25, 0.3) is 0 Å². The number of thiophene rings is 1. The second kappa shape index (κ2) is 7.02. The molecule has 20 heavy (non-hydrogen) atoms. The highest BCUT2D eigenvalue weighted by Crippen LogP contribution is 2.26. The number of piperidine rings is 1. The monoisotopic (exact) mass is 316 g/mol. The van der Waals surface area contributed by atoms with E-state index in [4.69, 9.17) is 0 Å². The number of hydrogen-bond donors (Lipinski definition) is 1. The molecule has 0 amide bonds. The molecule has 114 valence electrons. The molecule has 1 N–H and O–H groups in total. The first-order valence-electron chi connectivity index (χ1n) is 7.25. The third-order valence-corrected chi connectivity index (χ3v) is 6.37. The summed E-state index contributed by atoms with van der Waals surface area (Å²) in [6.45, 7) is 6.01. The van der Waals surface area contributed by atoms with Crippen molar-refractivity contribution in [3.05, 3.63) is 22.4 Å². The summed E-state index contributed by atoms with van der Waals surface area (Å²) in [6, 6.07) is 2.27. The van der Waals surface area contributed by atoms with E-state index in [-0.39, 0.29) is 11.3 Å². The molecule has 1 aliphatic rings. The number of rotatable bonds is 6. The van der Waals surface area contributed by atoms with Crippen LogP contribution in [0, 0.1) is 0 Å². The normalized spacial score (nSPS) is 19.4. The first kappa shape index (κ1) is 15.9. The van der Waals surface area contributed by atoms with E-state index in [2.05, 4.69) is 26.4 Å². The van der Waals surface area contributed by atoms with E-state index in [0.717, 1.165) is 13.1 Å². The Kier molecular flexibility index (Phi) is 5.60. The van der Waals surface area contributed by atoms with Gasteiger partial charge < -0.3 is 0 Å². The predicted octanol–water partition coefficient (Wildman–Crippen LogP) is 2.60. The molecule has 0 saturated carbocycles. The molecule has 0 spiro atoms. The van der Waals surface area contributed by atoms with Crippen LogP contribution in [0.5, 0.6) is 0 Å². The van der Waals surface area contributed by atoms with Crippen molar-refractivity contribution in [2.45, 2.75) is 44.4 Å². The second-order valence-corrected chi connectivity index (χ2v) is 8.71. The van der Waals surface area contributed by atoms with E-state index in [9.17, 15) is 8.42 Å². The standard InChI is InChI=1S/C14H24N2O2S2/c1-12(2)20(17,18)15-10-14(13-6-9-19-11-13)16-7-4-3-5-8-16/h6,9,11-12,14-15H,3-5,7-8,10H2,1-2H3. The molecule has 6 heteroatoms. The summed E-state index contributed by atoms with van der Waals surface area (Å²) >= 11 is 1.67. The van der Waals surface area contributed by atoms with Crippen molar-refractivity contribution in [3.8, 4) is 0 Å². The van der Waals surface area contributed by atoms with Crippen LogP contribution in [-0.2, 0) is 10.0 Å². The zero-order valence-corrected chi connectivity index (χ0v) is 13.8. The summed E-state index contributed by atoms with van der Waals surface area (Å²) in [5, 5.41) is 3.80. The highest BCUT2D eigenvalue weighted by molar-refractivity contribution is 7.90. The summed E-state index contributed by atoms with van der Waals surface area (Å²) in [4.78, 5) is 2.41. The summed E-state index contributed by atoms with van der Waals surface area (Å²) in [5.74, 6) is 0. The van der Waals surface area contributed by atoms with Gasteiger partial charge in [0.15, 0.2) is 0 Å². The first-order chi connectivity index (χ1) is 9.50. The van der Waals surface area contributed by atoms with Crippen molar-refractivity contribution < 1.29 is 8.42 Å². The van der Waals surface area contributed by atoms with Gasteiger partial charge >= 0.3 is 0 Å². The number of nitrogens with one attached hydrogen (secondary N) is 1. The molecule has 0 radical (unpaired) electrons. The highest BCUT2D eigenvalue weighted by Gasteiger charge is 2.25. The van der Waals surface area contributed by atoms with Crippen LogP contribution in [0.1, 0.15) is 44.7 Å². The van der Waals surface area contributed by atoms with Crippen molar-refractivity contribution in [1.82, 2.24) is 9.62 Å². The van der Waals surface area contributed by atoms with Gasteiger partial charge in [0.05, 0.1) is 5.25 Å². The fourth-order valence-corrected chi connectivity index (χ4v) is 3.94. The lowest BCUT2D eigenvalue weighted by molar-refractivity contribution is 0.165. The maximum Gasteiger partial charge on any atom is 0.213 e. The lowest BCUT2D eigenvalue weighted by atomic mass is 10.0. The fraction of sp³-hybridized carbons (Fsp3) is 0.714. The molecular formula is C14H24N2O2S2. The highest BCUT2D eigenvalue weighted by atomic mass is 32.2. The number of likely N-dealkylation sites (tertiary alicyclic amines) is 1. The lowest BCUT2D eigenvalue weighted by Gasteiger charge is -2.34. The number of sulfonamides is 1. The van der Waals surface area contributed by atoms with Gasteiger partial charge in [-0.1, -0.05) is 6.42 Å². The number of nitrogens with zero attached hydrogens (tertiary/aromatic N) is 1. The smallest absolute Gasteiger partial charge is 0.213 e. The molecular weight excluding hydrogens is 292 g/mol. The predicted molar refractivity (Wildman–Crippen MR) is 84.5 cm³/mol. The third-order valence-electron chi connectivity index (χ3n) is 3.86. The molecule has 1 atom stereocenters. The summed E-state index contributed by atoms with van der Waals surface area (Å²) < 4.78 is 26.7. The van der Waals surface area contributed by atoms with Crippen LogP contribution in [0.2, 0.25) is 0 Å². The lowest BCUT2D eigenvalue weighted by Crippen LogP contribution is -2.42. The van der Waals surface area contributed by atoms with Crippen LogP contribution < -0.4 is 4.72 Å². The maximum atomic E-state index is 12.0. The van der Waals surface area contributed by atoms with Gasteiger partial charge in [0.2, 0.25) is 10.0 Å². The second-order valence-electron chi connectivity index (χ2n) is 5.61. The van der Waals surface area contributed by atoms with Crippen molar-refractivity contribution >= 4 is 21.4 Å². The number of hydrogen-bond acceptors (Lipinski definition) is 4. The van der Waals surface area contributed by atoms with E-state index >= 15 is 0 Å². The minimum absolute atomic E-state index is 0.162. The fourth-order valence-electron chi connectivity index (χ4n) is 2.51. The Hall–Kier alpha value is -0.430. The van der Waals surface area contributed by atoms with Gasteiger partial charge in [-0.3, -0.25) is 4.90 Å². The maximum absolute atomic E-state index is 12.0. The largest absolute Gasteiger partial charge is 0.295 e. The van der Waals surface area contributed by atoms with E-state index in [1.807, 2.05) is 0 Å². The molecule has 4 nitrogen and oxygen atoms in total. The molecule has 1 unspecified atom stereocenters. The molecule has 0 bridgehead atoms. The van der Waals surface area contributed by atoms with Crippen molar-refractivity contribution in [3.63, 3.8) is 0 Å². The Morgan fingerprint density at radius 2 is 2.00 bits per heavy atom. The van der Waals surface area contributed by atoms with Crippen LogP contribution in [-0.4, -0.2) is 38.2 Å². The van der Waals surface area contributed by atoms with Crippen LogP contribution in [0.4, 0.5) is 0 Å². The summed E-state index contributed by atoms with van der Waals surface area (Å²) in [7, 11) is -3.20. The third kappa shape index (κ3) is 4.04. The Morgan fingerprint density at radius 1 is 1.30 bits per heavy atom. The van der Waals surface area contributed by atoms with Gasteiger partial charge in [-0.15, -0.1) is 0 Å². The Morgan fingerprint density at radius 3 is 2.55 bits per heavy atom. The molecule has 2 heterocycles. The van der Waals surface area contributed by atoms with E-state index in [1.165, 1.54) is 24.8 Å². The molecule has 1 aromatic heterocycles. The van der Waals surface area contributed by atoms with Gasteiger partial charge in [-0.25, -0.2) is 13.1 Å². The van der Waals surface area contributed by atoms with Crippen molar-refractivity contribution in [1.29, 1.82) is 0 Å². The van der Waals surface area contributed by atoms with Crippen LogP contribution in [0.3, 0.4) is 0 Å². The van der Waals surface area contributed by atoms with E-state index in [0.29, 0.717) is 6.54 Å². The molecule has 1 saturated heterocycles. The Labute approximate surface area is 126 Å². The van der Waals surface area contributed by atoms with Crippen LogP contribution in [0.25, 0.3) is 0 Å². The topological polar surface area (TPSA) is 49.4 Å². The van der Waals surface area contributed by atoms with E-state index < -0.39 is 10.0 Å². The average molecular weight is 316 g/mol. The Balaban J connectivity index is 2.07. The molecule has 1 fully saturated rings.